The maximum atomic E-state index is 8.58. The van der Waals surface area contributed by atoms with Crippen molar-refractivity contribution in [3.63, 3.8) is 0 Å². The van der Waals surface area contributed by atoms with E-state index in [0.29, 0.717) is 6.54 Å². The molecule has 0 aromatic carbocycles. The van der Waals surface area contributed by atoms with Crippen LogP contribution in [-0.4, -0.2) is 60.6 Å². The van der Waals surface area contributed by atoms with E-state index in [-0.39, 0.29) is 0 Å². The fraction of sp³-hybridized carbons (Fsp3) is 0.909. The number of thioether (sulfide) groups is 1. The Bertz CT molecular complexity index is 194. The van der Waals surface area contributed by atoms with Gasteiger partial charge in [-0.2, -0.15) is 17.0 Å². The van der Waals surface area contributed by atoms with E-state index in [1.54, 1.807) is 0 Å². The fourth-order valence-electron chi connectivity index (χ4n) is 1.81. The van der Waals surface area contributed by atoms with Crippen molar-refractivity contribution in [2.75, 3.05) is 50.8 Å². The molecule has 0 amide bonds. The normalized spacial score (nSPS) is 18.9. The standard InChI is InChI=1S/C11H21N3S/c1-2-15-11-3-5-13-7-9-14(6-4-12)10-8-13/h2-3,5-11H2,1H3. The Morgan fingerprint density at radius 2 is 1.87 bits per heavy atom. The zero-order valence-electron chi connectivity index (χ0n) is 9.61. The number of nitriles is 1. The van der Waals surface area contributed by atoms with E-state index in [1.165, 1.54) is 24.5 Å². The molecular formula is C11H21N3S. The molecule has 86 valence electrons. The Morgan fingerprint density at radius 1 is 1.20 bits per heavy atom. The van der Waals surface area contributed by atoms with Crippen LogP contribution in [-0.2, 0) is 0 Å². The van der Waals surface area contributed by atoms with Crippen LogP contribution in [0.3, 0.4) is 0 Å². The lowest BCUT2D eigenvalue weighted by Crippen LogP contribution is -2.46. The van der Waals surface area contributed by atoms with Gasteiger partial charge in [-0.15, -0.1) is 0 Å². The van der Waals surface area contributed by atoms with Crippen LogP contribution < -0.4 is 0 Å². The molecule has 1 aliphatic rings. The summed E-state index contributed by atoms with van der Waals surface area (Å²) in [7, 11) is 0. The molecule has 1 saturated heterocycles. The number of hydrogen-bond acceptors (Lipinski definition) is 4. The zero-order chi connectivity index (χ0) is 10.9. The maximum absolute atomic E-state index is 8.58. The molecule has 0 aliphatic carbocycles. The van der Waals surface area contributed by atoms with E-state index >= 15 is 0 Å². The largest absolute Gasteiger partial charge is 0.301 e. The molecule has 0 aromatic heterocycles. The van der Waals surface area contributed by atoms with Crippen molar-refractivity contribution in [3.8, 4) is 6.07 Å². The summed E-state index contributed by atoms with van der Waals surface area (Å²) in [6, 6.07) is 2.22. The van der Waals surface area contributed by atoms with E-state index in [1.807, 2.05) is 11.8 Å². The van der Waals surface area contributed by atoms with E-state index in [0.717, 1.165) is 26.2 Å². The maximum Gasteiger partial charge on any atom is 0.0866 e. The van der Waals surface area contributed by atoms with Crippen LogP contribution in [0, 0.1) is 11.3 Å². The molecule has 1 aliphatic heterocycles. The molecule has 4 heteroatoms. The summed E-state index contributed by atoms with van der Waals surface area (Å²) in [5.41, 5.74) is 0. The van der Waals surface area contributed by atoms with Gasteiger partial charge in [-0.25, -0.2) is 0 Å². The van der Waals surface area contributed by atoms with Gasteiger partial charge in [0.15, 0.2) is 0 Å². The molecule has 15 heavy (non-hydrogen) atoms. The van der Waals surface area contributed by atoms with Gasteiger partial charge in [0.2, 0.25) is 0 Å². The lowest BCUT2D eigenvalue weighted by atomic mass is 10.3. The summed E-state index contributed by atoms with van der Waals surface area (Å²) in [6.07, 6.45) is 1.30. The van der Waals surface area contributed by atoms with Crippen LogP contribution in [0.1, 0.15) is 13.3 Å². The van der Waals surface area contributed by atoms with Crippen molar-refractivity contribution in [1.29, 1.82) is 5.26 Å². The van der Waals surface area contributed by atoms with Crippen LogP contribution in [0.4, 0.5) is 0 Å². The summed E-state index contributed by atoms with van der Waals surface area (Å²) in [5.74, 6) is 2.52. The Balaban J connectivity index is 2.02. The van der Waals surface area contributed by atoms with Gasteiger partial charge in [-0.1, -0.05) is 6.92 Å². The lowest BCUT2D eigenvalue weighted by Gasteiger charge is -2.33. The van der Waals surface area contributed by atoms with Gasteiger partial charge in [-0.05, 0) is 24.5 Å². The van der Waals surface area contributed by atoms with E-state index in [2.05, 4.69) is 22.8 Å². The highest BCUT2D eigenvalue weighted by Gasteiger charge is 2.15. The predicted molar refractivity (Wildman–Crippen MR) is 66.1 cm³/mol. The zero-order valence-corrected chi connectivity index (χ0v) is 10.4. The minimum Gasteiger partial charge on any atom is -0.301 e. The monoisotopic (exact) mass is 227 g/mol. The van der Waals surface area contributed by atoms with Crippen molar-refractivity contribution in [1.82, 2.24) is 9.80 Å². The van der Waals surface area contributed by atoms with Crippen LogP contribution >= 0.6 is 11.8 Å². The van der Waals surface area contributed by atoms with Crippen molar-refractivity contribution in [3.05, 3.63) is 0 Å². The van der Waals surface area contributed by atoms with E-state index in [9.17, 15) is 0 Å². The van der Waals surface area contributed by atoms with E-state index in [4.69, 9.17) is 5.26 Å². The molecule has 1 rings (SSSR count). The molecule has 3 nitrogen and oxygen atoms in total. The molecule has 0 atom stereocenters. The topological polar surface area (TPSA) is 30.3 Å². The van der Waals surface area contributed by atoms with Gasteiger partial charge in [0.1, 0.15) is 0 Å². The summed E-state index contributed by atoms with van der Waals surface area (Å²) in [5, 5.41) is 8.58. The lowest BCUT2D eigenvalue weighted by molar-refractivity contribution is 0.144. The van der Waals surface area contributed by atoms with Gasteiger partial charge in [0.05, 0.1) is 12.6 Å². The van der Waals surface area contributed by atoms with Crippen molar-refractivity contribution < 1.29 is 0 Å². The van der Waals surface area contributed by atoms with Crippen LogP contribution in [0.15, 0.2) is 0 Å². The van der Waals surface area contributed by atoms with Crippen LogP contribution in [0.25, 0.3) is 0 Å². The Hall–Kier alpha value is -0.240. The third-order valence-corrected chi connectivity index (χ3v) is 3.71. The Morgan fingerprint density at radius 3 is 2.47 bits per heavy atom. The van der Waals surface area contributed by atoms with E-state index < -0.39 is 0 Å². The second-order valence-electron chi connectivity index (χ2n) is 3.83. The molecule has 1 fully saturated rings. The van der Waals surface area contributed by atoms with Crippen LogP contribution in [0.5, 0.6) is 0 Å². The minimum atomic E-state index is 0.597. The third-order valence-electron chi connectivity index (χ3n) is 2.73. The first-order valence-corrected chi connectivity index (χ1v) is 6.91. The highest BCUT2D eigenvalue weighted by Crippen LogP contribution is 2.05. The van der Waals surface area contributed by atoms with Gasteiger partial charge in [-0.3, -0.25) is 4.90 Å². The predicted octanol–water partition coefficient (Wildman–Crippen LogP) is 1.27. The Labute approximate surface area is 97.4 Å². The second kappa shape index (κ2) is 7.98. The highest BCUT2D eigenvalue weighted by atomic mass is 32.2. The summed E-state index contributed by atoms with van der Waals surface area (Å²) >= 11 is 2.03. The van der Waals surface area contributed by atoms with Gasteiger partial charge in [0, 0.05) is 26.2 Å². The van der Waals surface area contributed by atoms with Gasteiger partial charge < -0.3 is 4.90 Å². The average molecular weight is 227 g/mol. The third kappa shape index (κ3) is 5.41. The molecule has 1 heterocycles. The number of piperazine rings is 1. The molecule has 0 spiro atoms. The molecule has 0 radical (unpaired) electrons. The molecular weight excluding hydrogens is 206 g/mol. The second-order valence-corrected chi connectivity index (χ2v) is 5.22. The molecule has 0 N–H and O–H groups in total. The van der Waals surface area contributed by atoms with Gasteiger partial charge >= 0.3 is 0 Å². The first kappa shape index (κ1) is 12.8. The van der Waals surface area contributed by atoms with Gasteiger partial charge in [0.25, 0.3) is 0 Å². The molecule has 0 saturated carbocycles. The first-order valence-electron chi connectivity index (χ1n) is 5.76. The smallest absolute Gasteiger partial charge is 0.0866 e. The van der Waals surface area contributed by atoms with Crippen molar-refractivity contribution in [2.24, 2.45) is 0 Å². The quantitative estimate of drug-likeness (QED) is 0.505. The summed E-state index contributed by atoms with van der Waals surface area (Å²) in [6.45, 7) is 8.44. The number of rotatable bonds is 6. The minimum absolute atomic E-state index is 0.597. The summed E-state index contributed by atoms with van der Waals surface area (Å²) in [4.78, 5) is 4.75. The van der Waals surface area contributed by atoms with Crippen molar-refractivity contribution >= 4 is 11.8 Å². The number of hydrogen-bond donors (Lipinski definition) is 0. The molecule has 0 unspecified atom stereocenters. The Kier molecular flexibility index (Phi) is 6.82. The SMILES string of the molecule is CCSCCCN1CCN(CC#N)CC1. The van der Waals surface area contributed by atoms with Crippen LogP contribution in [0.2, 0.25) is 0 Å². The number of nitrogens with zero attached hydrogens (tertiary/aromatic N) is 3. The highest BCUT2D eigenvalue weighted by molar-refractivity contribution is 7.99. The summed E-state index contributed by atoms with van der Waals surface area (Å²) < 4.78 is 0. The van der Waals surface area contributed by atoms with Crippen molar-refractivity contribution in [2.45, 2.75) is 13.3 Å². The first-order chi connectivity index (χ1) is 7.36. The molecule has 0 bridgehead atoms. The average Bonchev–Trinajstić information content (AvgIpc) is 2.27. The molecule has 0 aromatic rings. The fourth-order valence-corrected chi connectivity index (χ4v) is 2.43.